The first-order valence-corrected chi connectivity index (χ1v) is 17.1. The number of halogens is 1. The zero-order valence-electron chi connectivity index (χ0n) is 28.1. The second-order valence-corrected chi connectivity index (χ2v) is 12.8. The van der Waals surface area contributed by atoms with Gasteiger partial charge in [-0.1, -0.05) is 73.5 Å². The molecule has 2 unspecified atom stereocenters. The maximum atomic E-state index is 12.0. The van der Waals surface area contributed by atoms with Gasteiger partial charge in [0, 0.05) is 54.5 Å². The number of hydrogen-bond acceptors (Lipinski definition) is 6. The van der Waals surface area contributed by atoms with Crippen molar-refractivity contribution in [3.05, 3.63) is 106 Å². The van der Waals surface area contributed by atoms with Crippen LogP contribution in [0.15, 0.2) is 72.9 Å². The molecule has 11 heteroatoms. The monoisotopic (exact) mass is 685 g/mol. The number of aliphatic hydroxyl groups excluding tert-OH is 1. The maximum Gasteiger partial charge on any atom is 0.336 e. The Morgan fingerprint density at radius 1 is 1.10 bits per heavy atom. The summed E-state index contributed by atoms with van der Waals surface area (Å²) in [5.41, 5.74) is 5.23. The van der Waals surface area contributed by atoms with E-state index in [9.17, 15) is 19.8 Å². The third-order valence-corrected chi connectivity index (χ3v) is 8.84. The second-order valence-electron chi connectivity index (χ2n) is 12.4. The van der Waals surface area contributed by atoms with Gasteiger partial charge in [0.05, 0.1) is 23.9 Å². The lowest BCUT2D eigenvalue weighted by atomic mass is 9.98. The van der Waals surface area contributed by atoms with Gasteiger partial charge in [0.1, 0.15) is 17.8 Å². The quantitative estimate of drug-likeness (QED) is 0.0500. The van der Waals surface area contributed by atoms with Gasteiger partial charge in [-0.05, 0) is 55.2 Å². The summed E-state index contributed by atoms with van der Waals surface area (Å²) >= 11 is 6.87. The van der Waals surface area contributed by atoms with E-state index in [2.05, 4.69) is 27.1 Å². The van der Waals surface area contributed by atoms with E-state index in [4.69, 9.17) is 21.3 Å². The van der Waals surface area contributed by atoms with Crippen LogP contribution in [0.4, 0.5) is 0 Å². The Labute approximate surface area is 291 Å². The Morgan fingerprint density at radius 3 is 2.59 bits per heavy atom. The first-order valence-electron chi connectivity index (χ1n) is 16.7. The minimum absolute atomic E-state index is 0.147. The Morgan fingerprint density at radius 2 is 1.88 bits per heavy atom. The van der Waals surface area contributed by atoms with Crippen LogP contribution in [0.2, 0.25) is 5.15 Å². The molecule has 0 spiro atoms. The van der Waals surface area contributed by atoms with E-state index in [0.29, 0.717) is 48.9 Å². The van der Waals surface area contributed by atoms with Crippen LogP contribution in [0.3, 0.4) is 0 Å². The summed E-state index contributed by atoms with van der Waals surface area (Å²) in [4.78, 5) is 31.9. The molecule has 0 saturated heterocycles. The SMILES string of the molecule is CCCCc1nc(Cl)c(CC(NC=O)c2c[nH]c3cccc(OCCC(O)NC(C)C)c23)n1Cc1ccc(-c2ccccc2C(=O)O)cc1. The number of imidazole rings is 1. The van der Waals surface area contributed by atoms with Crippen LogP contribution in [0, 0.1) is 0 Å². The minimum Gasteiger partial charge on any atom is -0.493 e. The second kappa shape index (κ2) is 16.6. The van der Waals surface area contributed by atoms with E-state index in [-0.39, 0.29) is 11.6 Å². The molecule has 2 heterocycles. The van der Waals surface area contributed by atoms with Crippen molar-refractivity contribution in [1.82, 2.24) is 25.2 Å². The number of carboxylic acids is 1. The number of fused-ring (bicyclic) bond motifs is 1. The summed E-state index contributed by atoms with van der Waals surface area (Å²) in [5, 5.41) is 27.3. The fraction of sp³-hybridized carbons (Fsp3) is 0.342. The standard InChI is InChI=1S/C38H44ClN5O5/c1-4-5-13-34-43-37(39)32(44(34)22-25-14-16-26(17-15-25)27-9-6-7-10-28(27)38(47)48)20-31(41-23-45)29-21-40-30-11-8-12-33(36(29)30)49-19-18-35(46)42-24(2)3/h6-12,14-17,21,23-24,31,35,40,42,46H,4-5,13,18-20,22H2,1-3H3,(H,41,45)(H,47,48). The van der Waals surface area contributed by atoms with Gasteiger partial charge >= 0.3 is 5.97 Å². The van der Waals surface area contributed by atoms with E-state index >= 15 is 0 Å². The molecule has 49 heavy (non-hydrogen) atoms. The van der Waals surface area contributed by atoms with Crippen molar-refractivity contribution in [3.63, 3.8) is 0 Å². The molecule has 3 aromatic carbocycles. The number of rotatable bonds is 18. The Balaban J connectivity index is 1.45. The van der Waals surface area contributed by atoms with Crippen LogP contribution in [-0.4, -0.2) is 56.0 Å². The number of aromatic amines is 1. The highest BCUT2D eigenvalue weighted by Gasteiger charge is 2.24. The van der Waals surface area contributed by atoms with Crippen LogP contribution < -0.4 is 15.4 Å². The normalized spacial score (nSPS) is 12.7. The molecule has 1 amide bonds. The predicted molar refractivity (Wildman–Crippen MR) is 192 cm³/mol. The van der Waals surface area contributed by atoms with E-state index in [1.165, 1.54) is 0 Å². The van der Waals surface area contributed by atoms with E-state index < -0.39 is 18.2 Å². The summed E-state index contributed by atoms with van der Waals surface area (Å²) < 4.78 is 8.31. The average molecular weight is 686 g/mol. The number of unbranched alkanes of at least 4 members (excludes halogenated alkanes) is 1. The molecule has 0 saturated carbocycles. The third-order valence-electron chi connectivity index (χ3n) is 8.53. The van der Waals surface area contributed by atoms with Crippen molar-refractivity contribution in [2.24, 2.45) is 0 Å². The first-order chi connectivity index (χ1) is 23.7. The predicted octanol–water partition coefficient (Wildman–Crippen LogP) is 6.89. The van der Waals surface area contributed by atoms with Crippen molar-refractivity contribution >= 4 is 34.9 Å². The van der Waals surface area contributed by atoms with Crippen molar-refractivity contribution in [2.45, 2.75) is 77.7 Å². The number of aryl methyl sites for hydroxylation is 1. The molecule has 2 aromatic heterocycles. The minimum atomic E-state index is -0.969. The number of aromatic nitrogens is 3. The van der Waals surface area contributed by atoms with Crippen LogP contribution >= 0.6 is 11.6 Å². The lowest BCUT2D eigenvalue weighted by molar-refractivity contribution is -0.110. The molecular weight excluding hydrogens is 642 g/mol. The van der Waals surface area contributed by atoms with Gasteiger partial charge in [-0.2, -0.15) is 0 Å². The van der Waals surface area contributed by atoms with Crippen LogP contribution in [0.25, 0.3) is 22.0 Å². The van der Waals surface area contributed by atoms with Crippen LogP contribution in [0.1, 0.15) is 79.1 Å². The Hall–Kier alpha value is -4.64. The largest absolute Gasteiger partial charge is 0.493 e. The highest BCUT2D eigenvalue weighted by Crippen LogP contribution is 2.35. The molecular formula is C38H44ClN5O5. The maximum absolute atomic E-state index is 12.0. The van der Waals surface area contributed by atoms with Gasteiger partial charge in [0.15, 0.2) is 5.15 Å². The molecule has 0 radical (unpaired) electrons. The number of nitrogens with one attached hydrogen (secondary N) is 3. The molecule has 0 fully saturated rings. The van der Waals surface area contributed by atoms with Crippen molar-refractivity contribution < 1.29 is 24.5 Å². The van der Waals surface area contributed by atoms with Crippen LogP contribution in [-0.2, 0) is 24.2 Å². The van der Waals surface area contributed by atoms with Crippen molar-refractivity contribution in [3.8, 4) is 16.9 Å². The Bertz CT molecular complexity index is 1870. The van der Waals surface area contributed by atoms with Gasteiger partial charge in [-0.3, -0.25) is 10.1 Å². The molecule has 0 aliphatic rings. The number of nitrogens with zero attached hydrogens (tertiary/aromatic N) is 2. The van der Waals surface area contributed by atoms with Gasteiger partial charge in [0.2, 0.25) is 6.41 Å². The number of carboxylic acid groups (broad SMARTS) is 1. The van der Waals surface area contributed by atoms with Gasteiger partial charge in [-0.15, -0.1) is 0 Å². The molecule has 5 rings (SSSR count). The van der Waals surface area contributed by atoms with E-state index in [0.717, 1.165) is 58.4 Å². The first kappa shape index (κ1) is 35.7. The highest BCUT2D eigenvalue weighted by molar-refractivity contribution is 6.30. The smallest absolute Gasteiger partial charge is 0.336 e. The summed E-state index contributed by atoms with van der Waals surface area (Å²) in [6.07, 6.45) is 5.36. The number of aliphatic hydroxyl groups is 1. The number of carbonyl (C=O) groups excluding carboxylic acids is 1. The average Bonchev–Trinajstić information content (AvgIpc) is 3.64. The molecule has 258 valence electrons. The lowest BCUT2D eigenvalue weighted by Gasteiger charge is -2.20. The number of H-pyrrole nitrogens is 1. The molecule has 2 atom stereocenters. The topological polar surface area (TPSA) is 142 Å². The van der Waals surface area contributed by atoms with Crippen LogP contribution in [0.5, 0.6) is 5.75 Å². The Kier molecular flexibility index (Phi) is 12.1. The van der Waals surface area contributed by atoms with Crippen molar-refractivity contribution in [1.29, 1.82) is 0 Å². The third kappa shape index (κ3) is 8.70. The molecule has 0 aliphatic carbocycles. The summed E-state index contributed by atoms with van der Waals surface area (Å²) in [6, 6.07) is 20.3. The van der Waals surface area contributed by atoms with Crippen molar-refractivity contribution in [2.75, 3.05) is 6.61 Å². The fourth-order valence-corrected chi connectivity index (χ4v) is 6.44. The molecule has 0 aliphatic heterocycles. The van der Waals surface area contributed by atoms with Gasteiger partial charge in [0.25, 0.3) is 0 Å². The fourth-order valence-electron chi connectivity index (χ4n) is 6.16. The molecule has 5 aromatic rings. The lowest BCUT2D eigenvalue weighted by Crippen LogP contribution is -2.35. The number of ether oxygens (including phenoxy) is 1. The van der Waals surface area contributed by atoms with Gasteiger partial charge < -0.3 is 29.8 Å². The zero-order chi connectivity index (χ0) is 34.9. The number of benzene rings is 3. The number of hydrogen-bond donors (Lipinski definition) is 5. The molecule has 10 nitrogen and oxygen atoms in total. The number of carbonyl (C=O) groups is 2. The zero-order valence-corrected chi connectivity index (χ0v) is 28.8. The summed E-state index contributed by atoms with van der Waals surface area (Å²) in [6.45, 7) is 6.88. The summed E-state index contributed by atoms with van der Waals surface area (Å²) in [5.74, 6) is 0.544. The molecule has 5 N–H and O–H groups in total. The van der Waals surface area contributed by atoms with E-state index in [1.54, 1.807) is 12.1 Å². The highest BCUT2D eigenvalue weighted by atomic mass is 35.5. The van der Waals surface area contributed by atoms with E-state index in [1.807, 2.05) is 74.6 Å². The van der Waals surface area contributed by atoms with Gasteiger partial charge in [-0.25, -0.2) is 9.78 Å². The molecule has 0 bridgehead atoms. The summed E-state index contributed by atoms with van der Waals surface area (Å²) in [7, 11) is 0. The number of amides is 1. The number of aromatic carboxylic acids is 1.